The van der Waals surface area contributed by atoms with Gasteiger partial charge in [0, 0.05) is 48.5 Å². The Hall–Kier alpha value is -6.50. The highest BCUT2D eigenvalue weighted by Crippen LogP contribution is 2.50. The number of nitrogens with zero attached hydrogens (tertiary/aromatic N) is 1. The monoisotopic (exact) mass is 882 g/mol. The first-order chi connectivity index (χ1) is 31.3. The van der Waals surface area contributed by atoms with Gasteiger partial charge in [-0.1, -0.05) is 218 Å². The SMILES string of the molecule is OB(O)O.OB(O)O.OB(O)O.OB(O)O.c1ccc([N+](c2ccccc2)(c2ccccc2)c2ccccc2)cc1.c1ccccc1.c1ccccc1.c1ccccc1.c1ccccc1. The number of quaternary nitrogens is 1. The molecule has 0 atom stereocenters. The summed E-state index contributed by atoms with van der Waals surface area (Å²) in [5.41, 5.74) is 4.86. The molecule has 0 saturated heterocycles. The lowest BCUT2D eigenvalue weighted by molar-refractivity contribution is 0.276. The Labute approximate surface area is 382 Å². The van der Waals surface area contributed by atoms with Crippen LogP contribution in [0.1, 0.15) is 0 Å². The molecule has 0 amide bonds. The summed E-state index contributed by atoms with van der Waals surface area (Å²) in [5, 5.41) is 86.0. The van der Waals surface area contributed by atoms with E-state index >= 15 is 0 Å². The van der Waals surface area contributed by atoms with Gasteiger partial charge in [0.15, 0.2) is 0 Å². The fourth-order valence-corrected chi connectivity index (χ4v) is 5.04. The van der Waals surface area contributed by atoms with E-state index in [1.54, 1.807) is 0 Å². The van der Waals surface area contributed by atoms with Crippen molar-refractivity contribution in [3.63, 3.8) is 0 Å². The Morgan fingerprint density at radius 3 is 0.338 bits per heavy atom. The van der Waals surface area contributed by atoms with Crippen molar-refractivity contribution in [3.8, 4) is 0 Å². The van der Waals surface area contributed by atoms with E-state index in [1.807, 2.05) is 146 Å². The van der Waals surface area contributed by atoms with Crippen molar-refractivity contribution in [1.82, 2.24) is 4.48 Å². The molecule has 0 bridgehead atoms. The van der Waals surface area contributed by atoms with Gasteiger partial charge < -0.3 is 60.3 Å². The minimum absolute atomic E-state index is 0.559. The Morgan fingerprint density at radius 2 is 0.246 bits per heavy atom. The number of rotatable bonds is 4. The second-order valence-electron chi connectivity index (χ2n) is 12.0. The molecule has 0 aliphatic heterocycles. The molecule has 65 heavy (non-hydrogen) atoms. The Bertz CT molecular complexity index is 1680. The lowest BCUT2D eigenvalue weighted by Gasteiger charge is -2.37. The van der Waals surface area contributed by atoms with Crippen LogP contribution in [0.2, 0.25) is 0 Å². The summed E-state index contributed by atoms with van der Waals surface area (Å²) in [6.07, 6.45) is 0. The molecule has 336 valence electrons. The van der Waals surface area contributed by atoms with Crippen LogP contribution in [0.4, 0.5) is 22.7 Å². The van der Waals surface area contributed by atoms with Crippen LogP contribution in [0.5, 0.6) is 0 Å². The first-order valence-electron chi connectivity index (χ1n) is 19.6. The normalized spacial score (nSPS) is 8.92. The first kappa shape index (κ1) is 58.5. The highest BCUT2D eigenvalue weighted by molar-refractivity contribution is 6.31. The number of hydrogen-bond acceptors (Lipinski definition) is 12. The smallest absolute Gasteiger partial charge is 0.402 e. The van der Waals surface area contributed by atoms with E-state index in [0.717, 1.165) is 0 Å². The van der Waals surface area contributed by atoms with E-state index in [4.69, 9.17) is 60.3 Å². The summed E-state index contributed by atoms with van der Waals surface area (Å²) in [6, 6.07) is 90.8. The highest BCUT2D eigenvalue weighted by Gasteiger charge is 2.38. The molecule has 0 spiro atoms. The van der Waals surface area contributed by atoms with Crippen LogP contribution in [-0.4, -0.2) is 89.6 Å². The first-order valence-corrected chi connectivity index (χ1v) is 19.6. The molecule has 0 unspecified atom stereocenters. The topological polar surface area (TPSA) is 243 Å². The quantitative estimate of drug-likeness (QED) is 0.0772. The molecule has 0 fully saturated rings. The van der Waals surface area contributed by atoms with Gasteiger partial charge in [0.2, 0.25) is 0 Å². The molecule has 17 heteroatoms. The van der Waals surface area contributed by atoms with Crippen LogP contribution >= 0.6 is 0 Å². The van der Waals surface area contributed by atoms with Crippen LogP contribution < -0.4 is 4.48 Å². The van der Waals surface area contributed by atoms with E-state index in [-0.39, 0.29) is 0 Å². The van der Waals surface area contributed by atoms with Gasteiger partial charge in [-0.25, -0.2) is 0 Å². The number of hydrogen-bond donors (Lipinski definition) is 12. The van der Waals surface area contributed by atoms with Crippen LogP contribution in [0, 0.1) is 0 Å². The van der Waals surface area contributed by atoms with Crippen LogP contribution in [0.15, 0.2) is 267 Å². The summed E-state index contributed by atoms with van der Waals surface area (Å²) in [7, 11) is -8.67. The molecule has 0 radical (unpaired) electrons. The minimum atomic E-state index is -2.17. The molecular formula is C48H56B4NO12+. The van der Waals surface area contributed by atoms with Gasteiger partial charge >= 0.3 is 29.3 Å². The van der Waals surface area contributed by atoms with Gasteiger partial charge in [0.1, 0.15) is 22.7 Å². The summed E-state index contributed by atoms with van der Waals surface area (Å²) in [5.74, 6) is 0. The molecule has 0 aliphatic rings. The third kappa shape index (κ3) is 32.8. The summed E-state index contributed by atoms with van der Waals surface area (Å²) < 4.78 is 0.559. The predicted molar refractivity (Wildman–Crippen MR) is 262 cm³/mol. The second kappa shape index (κ2) is 40.3. The molecule has 0 aliphatic carbocycles. The van der Waals surface area contributed by atoms with E-state index < -0.39 is 29.3 Å². The second-order valence-corrected chi connectivity index (χ2v) is 12.0. The maximum absolute atomic E-state index is 7.17. The number of para-hydroxylation sites is 4. The molecule has 8 rings (SSSR count). The van der Waals surface area contributed by atoms with E-state index in [2.05, 4.69) is 121 Å². The Morgan fingerprint density at radius 1 is 0.169 bits per heavy atom. The van der Waals surface area contributed by atoms with Gasteiger partial charge in [-0.2, -0.15) is 4.48 Å². The van der Waals surface area contributed by atoms with Gasteiger partial charge in [0.25, 0.3) is 0 Å². The van der Waals surface area contributed by atoms with E-state index in [9.17, 15) is 0 Å². The van der Waals surface area contributed by atoms with Crippen LogP contribution in [0.3, 0.4) is 0 Å². The summed E-state index contributed by atoms with van der Waals surface area (Å²) >= 11 is 0. The van der Waals surface area contributed by atoms with Crippen molar-refractivity contribution < 1.29 is 60.3 Å². The van der Waals surface area contributed by atoms with Crippen molar-refractivity contribution >= 4 is 52.0 Å². The molecule has 8 aromatic rings. The van der Waals surface area contributed by atoms with Gasteiger partial charge in [-0.15, -0.1) is 0 Å². The maximum Gasteiger partial charge on any atom is 0.631 e. The predicted octanol–water partition coefficient (Wildman–Crippen LogP) is 5.53. The molecular weight excluding hydrogens is 826 g/mol. The largest absolute Gasteiger partial charge is 0.631 e. The van der Waals surface area contributed by atoms with E-state index in [0.29, 0.717) is 4.48 Å². The Balaban J connectivity index is 0.000000834. The third-order valence-electron chi connectivity index (χ3n) is 7.24. The van der Waals surface area contributed by atoms with Crippen molar-refractivity contribution in [2.45, 2.75) is 0 Å². The lowest BCUT2D eigenvalue weighted by atomic mass is 10.1. The van der Waals surface area contributed by atoms with Gasteiger partial charge in [-0.05, 0) is 0 Å². The Kier molecular flexibility index (Phi) is 36.3. The zero-order chi connectivity index (χ0) is 48.2. The van der Waals surface area contributed by atoms with Crippen molar-refractivity contribution in [2.24, 2.45) is 0 Å². The van der Waals surface area contributed by atoms with Gasteiger partial charge in [-0.3, -0.25) is 0 Å². The maximum atomic E-state index is 7.17. The average Bonchev–Trinajstić information content (AvgIpc) is 3.33. The zero-order valence-electron chi connectivity index (χ0n) is 35.5. The fourth-order valence-electron chi connectivity index (χ4n) is 5.04. The summed E-state index contributed by atoms with van der Waals surface area (Å²) in [6.45, 7) is 0. The van der Waals surface area contributed by atoms with Crippen LogP contribution in [-0.2, 0) is 0 Å². The number of benzene rings is 8. The average molecular weight is 882 g/mol. The lowest BCUT2D eigenvalue weighted by Crippen LogP contribution is -2.33. The van der Waals surface area contributed by atoms with Crippen molar-refractivity contribution in [1.29, 1.82) is 0 Å². The highest BCUT2D eigenvalue weighted by atomic mass is 16.5. The minimum Gasteiger partial charge on any atom is -0.402 e. The molecule has 0 saturated carbocycles. The van der Waals surface area contributed by atoms with Crippen molar-refractivity contribution in [3.05, 3.63) is 267 Å². The standard InChI is InChI=1S/C24H20N.4C6H6.4BH3O3/c1-5-13-21(14-6-1)25(22-15-7-2-8-16-22,23-17-9-3-10-18-23)24-19-11-4-12-20-24;4*1-2-4-6-5-3-1;4*2-1(3)4/h1-20H;4*1-6H;4*2-4H/q+1;;;;;;;;. The molecule has 0 heterocycles. The molecule has 12 N–H and O–H groups in total. The molecule has 0 aromatic heterocycles. The molecule has 8 aromatic carbocycles. The fraction of sp³-hybridized carbons (Fsp3) is 0. The van der Waals surface area contributed by atoms with Gasteiger partial charge in [0.05, 0.1) is 0 Å². The zero-order valence-corrected chi connectivity index (χ0v) is 35.5. The summed E-state index contributed by atoms with van der Waals surface area (Å²) in [4.78, 5) is 0. The molecule has 13 nitrogen and oxygen atoms in total. The van der Waals surface area contributed by atoms with Crippen molar-refractivity contribution in [2.75, 3.05) is 0 Å². The van der Waals surface area contributed by atoms with E-state index in [1.165, 1.54) is 22.7 Å². The van der Waals surface area contributed by atoms with Crippen LogP contribution in [0.25, 0.3) is 0 Å². The third-order valence-corrected chi connectivity index (χ3v) is 7.24.